The molecule has 10 heteroatoms. The lowest BCUT2D eigenvalue weighted by molar-refractivity contribution is 0.0194. The molecular weight excluding hydrogens is 370 g/mol. The van der Waals surface area contributed by atoms with Crippen LogP contribution in [0.25, 0.3) is 0 Å². The molecule has 3 heterocycles. The minimum atomic E-state index is -3.78. The summed E-state index contributed by atoms with van der Waals surface area (Å²) in [5.74, 6) is 1.02. The molecule has 1 saturated heterocycles. The molecule has 2 aromatic rings. The number of rotatable bonds is 6. The maximum absolute atomic E-state index is 13.3. The van der Waals surface area contributed by atoms with Crippen molar-refractivity contribution in [2.45, 2.75) is 62.4 Å². The molecule has 0 bridgehead atoms. The van der Waals surface area contributed by atoms with Gasteiger partial charge >= 0.3 is 0 Å². The Bertz CT molecular complexity index is 962. The predicted octanol–water partition coefficient (Wildman–Crippen LogP) is 1.09. The first-order valence-electron chi connectivity index (χ1n) is 9.41. The van der Waals surface area contributed by atoms with E-state index in [9.17, 15) is 13.5 Å². The second kappa shape index (κ2) is 6.39. The molecule has 2 fully saturated rings. The van der Waals surface area contributed by atoms with E-state index in [0.29, 0.717) is 36.0 Å². The highest BCUT2D eigenvalue weighted by atomic mass is 32.2. The summed E-state index contributed by atoms with van der Waals surface area (Å²) in [4.78, 5) is 4.59. The van der Waals surface area contributed by atoms with Crippen LogP contribution in [0.4, 0.5) is 0 Å². The number of β-amino-alcohol motifs (C(OH)–C–C–N with tert-alkyl or cyclic N) is 1. The third-order valence-corrected chi connectivity index (χ3v) is 7.43. The van der Waals surface area contributed by atoms with Crippen molar-refractivity contribution in [3.63, 3.8) is 0 Å². The molecule has 9 nitrogen and oxygen atoms in total. The molecule has 4 rings (SSSR count). The Morgan fingerprint density at radius 1 is 1.30 bits per heavy atom. The SMILES string of the molecule is CCc1nn(C)c(CC)c1S(=O)(=O)N1CCC(O)(c2nc(C3CC3)no2)C1. The average molecular weight is 395 g/mol. The Labute approximate surface area is 158 Å². The molecule has 2 aromatic heterocycles. The summed E-state index contributed by atoms with van der Waals surface area (Å²) >= 11 is 0. The summed E-state index contributed by atoms with van der Waals surface area (Å²) in [6, 6.07) is 0. The van der Waals surface area contributed by atoms with Crippen molar-refractivity contribution in [3.05, 3.63) is 23.1 Å². The van der Waals surface area contributed by atoms with Crippen molar-refractivity contribution in [1.82, 2.24) is 24.2 Å². The third-order valence-electron chi connectivity index (χ3n) is 5.45. The van der Waals surface area contributed by atoms with Gasteiger partial charge in [-0.05, 0) is 25.7 Å². The zero-order valence-corrected chi connectivity index (χ0v) is 16.7. The van der Waals surface area contributed by atoms with Gasteiger partial charge in [-0.1, -0.05) is 19.0 Å². The molecule has 2 aliphatic rings. The number of aromatic nitrogens is 4. The molecule has 27 heavy (non-hydrogen) atoms. The Hall–Kier alpha value is -1.78. The fraction of sp³-hybridized carbons (Fsp3) is 0.706. The molecule has 1 N–H and O–H groups in total. The van der Waals surface area contributed by atoms with E-state index >= 15 is 0 Å². The first kappa shape index (κ1) is 18.6. The summed E-state index contributed by atoms with van der Waals surface area (Å²) in [6.07, 6.45) is 3.36. The van der Waals surface area contributed by atoms with E-state index in [2.05, 4.69) is 15.2 Å². The van der Waals surface area contributed by atoms with Gasteiger partial charge in [0.1, 0.15) is 4.90 Å². The van der Waals surface area contributed by atoms with E-state index in [1.807, 2.05) is 13.8 Å². The third kappa shape index (κ3) is 2.99. The van der Waals surface area contributed by atoms with Gasteiger partial charge in [-0.2, -0.15) is 14.4 Å². The molecule has 148 valence electrons. The van der Waals surface area contributed by atoms with Crippen LogP contribution in [0, 0.1) is 0 Å². The fourth-order valence-corrected chi connectivity index (χ4v) is 5.75. The molecule has 1 atom stereocenters. The predicted molar refractivity (Wildman–Crippen MR) is 95.5 cm³/mol. The highest BCUT2D eigenvalue weighted by molar-refractivity contribution is 7.89. The van der Waals surface area contributed by atoms with Crippen LogP contribution in [0.15, 0.2) is 9.42 Å². The first-order valence-corrected chi connectivity index (χ1v) is 10.9. The molecule has 1 saturated carbocycles. The second-order valence-electron chi connectivity index (χ2n) is 7.41. The molecule has 1 aliphatic heterocycles. The summed E-state index contributed by atoms with van der Waals surface area (Å²) in [5, 5.41) is 19.3. The quantitative estimate of drug-likeness (QED) is 0.778. The number of hydrogen-bond donors (Lipinski definition) is 1. The Kier molecular flexibility index (Phi) is 4.39. The number of hydrogen-bond acceptors (Lipinski definition) is 7. The van der Waals surface area contributed by atoms with Crippen molar-refractivity contribution in [1.29, 1.82) is 0 Å². The van der Waals surface area contributed by atoms with Crippen LogP contribution >= 0.6 is 0 Å². The van der Waals surface area contributed by atoms with Crippen LogP contribution in [0.1, 0.15) is 62.1 Å². The van der Waals surface area contributed by atoms with E-state index in [0.717, 1.165) is 12.8 Å². The van der Waals surface area contributed by atoms with Crippen LogP contribution in [0.5, 0.6) is 0 Å². The lowest BCUT2D eigenvalue weighted by Crippen LogP contribution is -2.35. The van der Waals surface area contributed by atoms with Gasteiger partial charge in [0.25, 0.3) is 5.89 Å². The zero-order valence-electron chi connectivity index (χ0n) is 15.8. The van der Waals surface area contributed by atoms with E-state index in [4.69, 9.17) is 4.52 Å². The molecule has 0 radical (unpaired) electrons. The normalized spacial score (nSPS) is 24.0. The van der Waals surface area contributed by atoms with Gasteiger partial charge in [-0.15, -0.1) is 0 Å². The van der Waals surface area contributed by atoms with Gasteiger partial charge in [0.2, 0.25) is 10.0 Å². The topological polar surface area (TPSA) is 114 Å². The van der Waals surface area contributed by atoms with Crippen LogP contribution in [0.2, 0.25) is 0 Å². The molecule has 0 spiro atoms. The van der Waals surface area contributed by atoms with Gasteiger partial charge in [0.05, 0.1) is 17.9 Å². The minimum absolute atomic E-state index is 0.0944. The van der Waals surface area contributed by atoms with Crippen molar-refractivity contribution in [3.8, 4) is 0 Å². The highest BCUT2D eigenvalue weighted by Crippen LogP contribution is 2.40. The van der Waals surface area contributed by atoms with E-state index in [1.54, 1.807) is 11.7 Å². The number of sulfonamides is 1. The van der Waals surface area contributed by atoms with Crippen LogP contribution in [0.3, 0.4) is 0 Å². The Morgan fingerprint density at radius 3 is 2.67 bits per heavy atom. The van der Waals surface area contributed by atoms with Crippen molar-refractivity contribution < 1.29 is 18.0 Å². The highest BCUT2D eigenvalue weighted by Gasteiger charge is 2.48. The van der Waals surface area contributed by atoms with Gasteiger partial charge in [-0.25, -0.2) is 8.42 Å². The lowest BCUT2D eigenvalue weighted by atomic mass is 10.0. The van der Waals surface area contributed by atoms with Crippen LogP contribution in [-0.2, 0) is 35.5 Å². The fourth-order valence-electron chi connectivity index (χ4n) is 3.72. The smallest absolute Gasteiger partial charge is 0.260 e. The molecular formula is C17H25N5O4S. The van der Waals surface area contributed by atoms with E-state index < -0.39 is 15.6 Å². The number of aryl methyl sites for hydroxylation is 2. The van der Waals surface area contributed by atoms with Crippen molar-refractivity contribution in [2.24, 2.45) is 7.05 Å². The van der Waals surface area contributed by atoms with Gasteiger partial charge in [0.15, 0.2) is 11.4 Å². The first-order chi connectivity index (χ1) is 12.8. The number of aliphatic hydroxyl groups is 1. The van der Waals surface area contributed by atoms with Crippen LogP contribution < -0.4 is 0 Å². The Morgan fingerprint density at radius 2 is 2.04 bits per heavy atom. The lowest BCUT2D eigenvalue weighted by Gasteiger charge is -2.20. The van der Waals surface area contributed by atoms with E-state index in [-0.39, 0.29) is 30.3 Å². The summed E-state index contributed by atoms with van der Waals surface area (Å²) in [6.45, 7) is 3.90. The number of nitrogens with zero attached hydrogens (tertiary/aromatic N) is 5. The minimum Gasteiger partial charge on any atom is -0.379 e. The van der Waals surface area contributed by atoms with Crippen molar-refractivity contribution in [2.75, 3.05) is 13.1 Å². The molecule has 1 unspecified atom stereocenters. The molecule has 0 aromatic carbocycles. The average Bonchev–Trinajstić information content (AvgIpc) is 3.07. The maximum atomic E-state index is 13.3. The van der Waals surface area contributed by atoms with Crippen molar-refractivity contribution >= 4 is 10.0 Å². The van der Waals surface area contributed by atoms with Crippen LogP contribution in [-0.4, -0.2) is 50.8 Å². The van der Waals surface area contributed by atoms with Gasteiger partial charge in [0, 0.05) is 25.9 Å². The summed E-state index contributed by atoms with van der Waals surface area (Å²) < 4.78 is 34.9. The summed E-state index contributed by atoms with van der Waals surface area (Å²) in [7, 11) is -2.02. The monoisotopic (exact) mass is 395 g/mol. The van der Waals surface area contributed by atoms with Gasteiger partial charge in [-0.3, -0.25) is 4.68 Å². The van der Waals surface area contributed by atoms with E-state index in [1.165, 1.54) is 4.31 Å². The largest absolute Gasteiger partial charge is 0.379 e. The summed E-state index contributed by atoms with van der Waals surface area (Å²) in [5.41, 5.74) is -0.219. The molecule has 0 amide bonds. The standard InChI is InChI=1S/C17H25N5O4S/c1-4-12-14(13(5-2)21(3)19-12)27(24,25)22-9-8-17(23,10-22)16-18-15(20-26-16)11-6-7-11/h11,23H,4-10H2,1-3H3. The second-order valence-corrected chi connectivity index (χ2v) is 9.28. The maximum Gasteiger partial charge on any atom is 0.260 e. The van der Waals surface area contributed by atoms with Gasteiger partial charge < -0.3 is 9.63 Å². The zero-order chi connectivity index (χ0) is 19.4. The Balaban J connectivity index is 1.64. The molecule has 1 aliphatic carbocycles.